The molecule has 0 spiro atoms. The first kappa shape index (κ1) is 18.3. The van der Waals surface area contributed by atoms with Crippen molar-refractivity contribution in [2.24, 2.45) is 17.6 Å². The first-order valence-electron chi connectivity index (χ1n) is 10.2. The number of carbonyl (C=O) groups excluding carboxylic acids is 2. The van der Waals surface area contributed by atoms with Gasteiger partial charge in [-0.1, -0.05) is 0 Å². The molecule has 0 aliphatic carbocycles. The summed E-state index contributed by atoms with van der Waals surface area (Å²) in [5, 5.41) is 8.91. The van der Waals surface area contributed by atoms with E-state index in [2.05, 4.69) is 15.2 Å². The van der Waals surface area contributed by atoms with E-state index in [1.54, 1.807) is 18.1 Å². The number of ether oxygens (including phenoxy) is 1. The number of aryl methyl sites for hydroxylation is 2. The lowest BCUT2D eigenvalue weighted by atomic mass is 9.67. The van der Waals surface area contributed by atoms with Crippen molar-refractivity contribution in [1.82, 2.24) is 24.5 Å². The summed E-state index contributed by atoms with van der Waals surface area (Å²) >= 11 is 0. The highest BCUT2D eigenvalue weighted by Crippen LogP contribution is 2.48. The van der Waals surface area contributed by atoms with E-state index >= 15 is 0 Å². The van der Waals surface area contributed by atoms with Gasteiger partial charge in [0.1, 0.15) is 11.6 Å². The first-order chi connectivity index (χ1) is 14.0. The summed E-state index contributed by atoms with van der Waals surface area (Å²) in [5.41, 5.74) is 4.89. The molecule has 0 bridgehead atoms. The molecule has 5 heterocycles. The standard InChI is InChI=1S/C19H25N7O3/c1-24-15-4-8-21-25(15)9-5-13(18(24)28)19(12-6-10-29-11-12)7-2-3-14-22-17(16(20)27)23-26(14)19/h4,8,12-13H,2-3,5-7,9-11H2,1H3,(H2,20,27)/t12?,13-,19?/m1/s1. The molecule has 3 aliphatic heterocycles. The van der Waals surface area contributed by atoms with Gasteiger partial charge >= 0.3 is 0 Å². The van der Waals surface area contributed by atoms with Crippen molar-refractivity contribution in [3.8, 4) is 0 Å². The van der Waals surface area contributed by atoms with Crippen LogP contribution in [0, 0.1) is 11.8 Å². The number of rotatable bonds is 3. The molecular formula is C19H25N7O3. The maximum atomic E-state index is 13.7. The summed E-state index contributed by atoms with van der Waals surface area (Å²) in [6.07, 6.45) is 5.60. The summed E-state index contributed by atoms with van der Waals surface area (Å²) in [4.78, 5) is 31.6. The van der Waals surface area contributed by atoms with Gasteiger partial charge in [-0.2, -0.15) is 5.10 Å². The molecule has 1 fully saturated rings. The zero-order chi connectivity index (χ0) is 20.2. The Kier molecular flexibility index (Phi) is 4.19. The second-order valence-corrected chi connectivity index (χ2v) is 8.18. The van der Waals surface area contributed by atoms with Crippen molar-refractivity contribution in [3.63, 3.8) is 0 Å². The van der Waals surface area contributed by atoms with Crippen molar-refractivity contribution >= 4 is 17.6 Å². The molecule has 2 amide bonds. The summed E-state index contributed by atoms with van der Waals surface area (Å²) < 4.78 is 9.47. The lowest BCUT2D eigenvalue weighted by Gasteiger charge is -2.47. The predicted octanol–water partition coefficient (Wildman–Crippen LogP) is 0.325. The average molecular weight is 399 g/mol. The minimum absolute atomic E-state index is 0.0209. The molecule has 1 saturated heterocycles. The van der Waals surface area contributed by atoms with Crippen LogP contribution in [0.15, 0.2) is 12.3 Å². The van der Waals surface area contributed by atoms with E-state index in [9.17, 15) is 9.59 Å². The molecule has 154 valence electrons. The quantitative estimate of drug-likeness (QED) is 0.794. The van der Waals surface area contributed by atoms with Crippen LogP contribution in [0.1, 0.15) is 42.1 Å². The van der Waals surface area contributed by atoms with Gasteiger partial charge in [-0.05, 0) is 25.7 Å². The summed E-state index contributed by atoms with van der Waals surface area (Å²) in [7, 11) is 1.80. The molecule has 0 saturated carbocycles. The summed E-state index contributed by atoms with van der Waals surface area (Å²) in [5.74, 6) is 0.747. The topological polar surface area (TPSA) is 121 Å². The van der Waals surface area contributed by atoms with Crippen LogP contribution in [-0.2, 0) is 28.0 Å². The maximum absolute atomic E-state index is 13.7. The Hall–Kier alpha value is -2.75. The Labute approximate surface area is 168 Å². The Balaban J connectivity index is 1.65. The Morgan fingerprint density at radius 2 is 2.24 bits per heavy atom. The van der Waals surface area contributed by atoms with E-state index in [0.717, 1.165) is 30.9 Å². The van der Waals surface area contributed by atoms with Gasteiger partial charge in [0.05, 0.1) is 24.3 Å². The monoisotopic (exact) mass is 399 g/mol. The second kappa shape index (κ2) is 6.65. The Morgan fingerprint density at radius 3 is 3.00 bits per heavy atom. The van der Waals surface area contributed by atoms with Crippen LogP contribution in [0.3, 0.4) is 0 Å². The van der Waals surface area contributed by atoms with Crippen molar-refractivity contribution in [2.75, 3.05) is 25.2 Å². The number of hydrogen-bond acceptors (Lipinski definition) is 6. The number of amides is 2. The zero-order valence-electron chi connectivity index (χ0n) is 16.5. The number of nitrogens with two attached hydrogens (primary N) is 1. The van der Waals surface area contributed by atoms with Gasteiger partial charge in [-0.3, -0.25) is 14.5 Å². The van der Waals surface area contributed by atoms with Gasteiger partial charge < -0.3 is 10.5 Å². The minimum Gasteiger partial charge on any atom is -0.381 e. The molecule has 0 aromatic carbocycles. The molecule has 10 nitrogen and oxygen atoms in total. The van der Waals surface area contributed by atoms with Crippen molar-refractivity contribution in [3.05, 3.63) is 23.9 Å². The number of fused-ring (bicyclic) bond motifs is 2. The highest BCUT2D eigenvalue weighted by molar-refractivity contribution is 5.95. The van der Waals surface area contributed by atoms with Crippen LogP contribution < -0.4 is 10.6 Å². The summed E-state index contributed by atoms with van der Waals surface area (Å²) in [6.45, 7) is 1.88. The fourth-order valence-electron chi connectivity index (χ4n) is 5.46. The Bertz CT molecular complexity index is 961. The van der Waals surface area contributed by atoms with Crippen LogP contribution in [0.25, 0.3) is 0 Å². The molecule has 10 heteroatoms. The molecule has 2 aromatic rings. The summed E-state index contributed by atoms with van der Waals surface area (Å²) in [6, 6.07) is 1.86. The zero-order valence-corrected chi connectivity index (χ0v) is 16.5. The van der Waals surface area contributed by atoms with Crippen molar-refractivity contribution in [1.29, 1.82) is 0 Å². The molecule has 29 heavy (non-hydrogen) atoms. The predicted molar refractivity (Wildman–Crippen MR) is 102 cm³/mol. The normalized spacial score (nSPS) is 29.4. The fourth-order valence-corrected chi connectivity index (χ4v) is 5.46. The number of anilines is 1. The van der Waals surface area contributed by atoms with E-state index in [1.807, 2.05) is 15.4 Å². The van der Waals surface area contributed by atoms with Crippen LogP contribution in [-0.4, -0.2) is 56.6 Å². The SMILES string of the molecule is CN1C(=O)[C@H](C2(C3CCOC3)CCCc3nc(C(N)=O)nn32)CCn2nccc21. The van der Waals surface area contributed by atoms with Gasteiger partial charge in [-0.25, -0.2) is 14.3 Å². The minimum atomic E-state index is -0.645. The van der Waals surface area contributed by atoms with Crippen molar-refractivity contribution < 1.29 is 14.3 Å². The van der Waals surface area contributed by atoms with E-state index in [-0.39, 0.29) is 23.6 Å². The van der Waals surface area contributed by atoms with E-state index < -0.39 is 11.4 Å². The van der Waals surface area contributed by atoms with E-state index in [4.69, 9.17) is 10.5 Å². The maximum Gasteiger partial charge on any atom is 0.288 e. The van der Waals surface area contributed by atoms with Gasteiger partial charge in [0.15, 0.2) is 0 Å². The molecule has 5 rings (SSSR count). The smallest absolute Gasteiger partial charge is 0.288 e. The van der Waals surface area contributed by atoms with Gasteiger partial charge in [0.25, 0.3) is 5.91 Å². The second-order valence-electron chi connectivity index (χ2n) is 8.18. The third kappa shape index (κ3) is 2.61. The van der Waals surface area contributed by atoms with E-state index in [1.165, 1.54) is 0 Å². The van der Waals surface area contributed by atoms with Crippen LogP contribution in [0.2, 0.25) is 0 Å². The highest BCUT2D eigenvalue weighted by atomic mass is 16.5. The fraction of sp³-hybridized carbons (Fsp3) is 0.632. The van der Waals surface area contributed by atoms with Crippen molar-refractivity contribution in [2.45, 2.75) is 44.2 Å². The number of primary amides is 1. The highest BCUT2D eigenvalue weighted by Gasteiger charge is 2.55. The average Bonchev–Trinajstić information content (AvgIpc) is 3.45. The van der Waals surface area contributed by atoms with Crippen LogP contribution >= 0.6 is 0 Å². The third-order valence-electron chi connectivity index (χ3n) is 6.80. The van der Waals surface area contributed by atoms with E-state index in [0.29, 0.717) is 32.6 Å². The van der Waals surface area contributed by atoms with Gasteiger partial charge in [0, 0.05) is 38.6 Å². The van der Waals surface area contributed by atoms with Gasteiger partial charge in [-0.15, -0.1) is 5.10 Å². The number of nitrogens with zero attached hydrogens (tertiary/aromatic N) is 6. The lowest BCUT2D eigenvalue weighted by Crippen LogP contribution is -2.56. The molecule has 2 aromatic heterocycles. The molecular weight excluding hydrogens is 374 g/mol. The Morgan fingerprint density at radius 1 is 1.38 bits per heavy atom. The number of carbonyl (C=O) groups is 2. The molecule has 2 N–H and O–H groups in total. The van der Waals surface area contributed by atoms with Crippen LogP contribution in [0.4, 0.5) is 5.82 Å². The third-order valence-corrected chi connectivity index (χ3v) is 6.80. The molecule has 3 aliphatic rings. The number of hydrogen-bond donors (Lipinski definition) is 1. The molecule has 0 radical (unpaired) electrons. The number of aromatic nitrogens is 5. The lowest BCUT2D eigenvalue weighted by molar-refractivity contribution is -0.129. The largest absolute Gasteiger partial charge is 0.381 e. The molecule has 3 atom stereocenters. The van der Waals surface area contributed by atoms with Gasteiger partial charge in [0.2, 0.25) is 11.7 Å². The molecule has 2 unspecified atom stereocenters. The first-order valence-corrected chi connectivity index (χ1v) is 10.2. The van der Waals surface area contributed by atoms with Crippen LogP contribution in [0.5, 0.6) is 0 Å².